The highest BCUT2D eigenvalue weighted by atomic mass is 19.1. The number of amides is 1. The molecule has 0 fully saturated rings. The quantitative estimate of drug-likeness (QED) is 0.592. The van der Waals surface area contributed by atoms with E-state index in [-0.39, 0.29) is 36.0 Å². The van der Waals surface area contributed by atoms with Gasteiger partial charge in [0.1, 0.15) is 11.6 Å². The minimum absolute atomic E-state index is 0.110. The summed E-state index contributed by atoms with van der Waals surface area (Å²) in [5.74, 6) is -0.0200. The summed E-state index contributed by atoms with van der Waals surface area (Å²) in [4.78, 5) is 18.1. The SMILES string of the molecule is COc1ccc(N(C)C(=O)CCc2ncc(-c3ccc(F)cc3F)o2)cc1OC. The van der Waals surface area contributed by atoms with Crippen LogP contribution in [0.15, 0.2) is 47.0 Å². The summed E-state index contributed by atoms with van der Waals surface area (Å²) in [6.07, 6.45) is 1.73. The van der Waals surface area contributed by atoms with Crippen LogP contribution < -0.4 is 14.4 Å². The third kappa shape index (κ3) is 4.53. The van der Waals surface area contributed by atoms with E-state index in [0.29, 0.717) is 17.2 Å². The number of methoxy groups -OCH3 is 2. The monoisotopic (exact) mass is 402 g/mol. The van der Waals surface area contributed by atoms with Gasteiger partial charge in [0.05, 0.1) is 26.0 Å². The lowest BCUT2D eigenvalue weighted by atomic mass is 10.2. The number of hydrogen-bond donors (Lipinski definition) is 0. The highest BCUT2D eigenvalue weighted by Gasteiger charge is 2.16. The normalized spacial score (nSPS) is 10.7. The predicted octanol–water partition coefficient (Wildman–Crippen LogP) is 4.23. The molecule has 0 atom stereocenters. The number of carbonyl (C=O) groups excluding carboxylic acids is 1. The van der Waals surface area contributed by atoms with Gasteiger partial charge < -0.3 is 18.8 Å². The van der Waals surface area contributed by atoms with Crippen molar-refractivity contribution < 1.29 is 27.5 Å². The first kappa shape index (κ1) is 20.3. The summed E-state index contributed by atoms with van der Waals surface area (Å²) in [5.41, 5.74) is 0.757. The van der Waals surface area contributed by atoms with Crippen LogP contribution in [0.4, 0.5) is 14.5 Å². The lowest BCUT2D eigenvalue weighted by Gasteiger charge is -2.18. The van der Waals surface area contributed by atoms with Crippen molar-refractivity contribution in [1.29, 1.82) is 0 Å². The second-order valence-corrected chi connectivity index (χ2v) is 6.23. The molecule has 29 heavy (non-hydrogen) atoms. The van der Waals surface area contributed by atoms with Crippen molar-refractivity contribution in [2.24, 2.45) is 0 Å². The molecule has 0 spiro atoms. The summed E-state index contributed by atoms with van der Waals surface area (Å²) in [5, 5.41) is 0. The molecule has 1 aromatic heterocycles. The van der Waals surface area contributed by atoms with Crippen molar-refractivity contribution >= 4 is 11.6 Å². The fourth-order valence-electron chi connectivity index (χ4n) is 2.80. The van der Waals surface area contributed by atoms with E-state index in [9.17, 15) is 13.6 Å². The van der Waals surface area contributed by atoms with Crippen molar-refractivity contribution in [2.75, 3.05) is 26.2 Å². The largest absolute Gasteiger partial charge is 0.493 e. The number of halogens is 2. The molecule has 0 N–H and O–H groups in total. The van der Waals surface area contributed by atoms with Gasteiger partial charge in [-0.2, -0.15) is 0 Å². The number of hydrogen-bond acceptors (Lipinski definition) is 5. The van der Waals surface area contributed by atoms with Crippen molar-refractivity contribution in [1.82, 2.24) is 4.98 Å². The van der Waals surface area contributed by atoms with Crippen molar-refractivity contribution in [3.05, 3.63) is 60.1 Å². The number of aromatic nitrogens is 1. The summed E-state index contributed by atoms with van der Waals surface area (Å²) < 4.78 is 42.9. The topological polar surface area (TPSA) is 64.8 Å². The van der Waals surface area contributed by atoms with Crippen LogP contribution in [0, 0.1) is 11.6 Å². The maximum absolute atomic E-state index is 13.9. The Hall–Kier alpha value is -3.42. The standard InChI is InChI=1S/C21H20F2N2O4/c1-25(14-5-7-17(27-2)18(11-14)28-3)21(26)9-8-20-24-12-19(29-20)15-6-4-13(22)10-16(15)23/h4-7,10-12H,8-9H2,1-3H3. The molecule has 2 aromatic carbocycles. The van der Waals surface area contributed by atoms with Crippen molar-refractivity contribution in [2.45, 2.75) is 12.8 Å². The minimum Gasteiger partial charge on any atom is -0.493 e. The molecule has 0 bridgehead atoms. The maximum Gasteiger partial charge on any atom is 0.227 e. The molecular formula is C21H20F2N2O4. The second kappa shape index (κ2) is 8.72. The highest BCUT2D eigenvalue weighted by molar-refractivity contribution is 5.93. The van der Waals surface area contributed by atoms with Crippen molar-refractivity contribution in [3.63, 3.8) is 0 Å². The molecule has 0 aliphatic rings. The maximum atomic E-state index is 13.9. The predicted molar refractivity (Wildman–Crippen MR) is 103 cm³/mol. The molecule has 0 saturated carbocycles. The summed E-state index contributed by atoms with van der Waals surface area (Å²) in [7, 11) is 4.71. The molecule has 3 rings (SSSR count). The van der Waals surface area contributed by atoms with Gasteiger partial charge >= 0.3 is 0 Å². The number of oxazole rings is 1. The van der Waals surface area contributed by atoms with Gasteiger partial charge in [-0.15, -0.1) is 0 Å². The van der Waals surface area contributed by atoms with Crippen LogP contribution in [0.3, 0.4) is 0 Å². The number of benzene rings is 2. The Morgan fingerprint density at radius 2 is 1.86 bits per heavy atom. The molecular weight excluding hydrogens is 382 g/mol. The Morgan fingerprint density at radius 3 is 2.55 bits per heavy atom. The Balaban J connectivity index is 1.66. The molecule has 0 saturated heterocycles. The van der Waals surface area contributed by atoms with E-state index in [2.05, 4.69) is 4.98 Å². The van der Waals surface area contributed by atoms with Crippen LogP contribution in [0.1, 0.15) is 12.3 Å². The average molecular weight is 402 g/mol. The first-order valence-corrected chi connectivity index (χ1v) is 8.81. The first-order valence-electron chi connectivity index (χ1n) is 8.81. The Kier molecular flexibility index (Phi) is 6.11. The van der Waals surface area contributed by atoms with Gasteiger partial charge in [0.15, 0.2) is 23.1 Å². The molecule has 1 heterocycles. The highest BCUT2D eigenvalue weighted by Crippen LogP contribution is 2.31. The zero-order valence-electron chi connectivity index (χ0n) is 16.2. The van der Waals surface area contributed by atoms with Crippen LogP contribution in [0.5, 0.6) is 11.5 Å². The number of carbonyl (C=O) groups is 1. The van der Waals surface area contributed by atoms with E-state index in [1.807, 2.05) is 0 Å². The van der Waals surface area contributed by atoms with E-state index < -0.39 is 11.6 Å². The smallest absolute Gasteiger partial charge is 0.227 e. The van der Waals surface area contributed by atoms with Gasteiger partial charge in [0.2, 0.25) is 5.91 Å². The van der Waals surface area contributed by atoms with Crippen LogP contribution >= 0.6 is 0 Å². The van der Waals surface area contributed by atoms with Gasteiger partial charge in [0.25, 0.3) is 0 Å². The van der Waals surface area contributed by atoms with E-state index in [4.69, 9.17) is 13.9 Å². The van der Waals surface area contributed by atoms with Gasteiger partial charge in [-0.3, -0.25) is 4.79 Å². The molecule has 152 valence electrons. The Bertz CT molecular complexity index is 1020. The van der Waals surface area contributed by atoms with Gasteiger partial charge in [-0.25, -0.2) is 13.8 Å². The van der Waals surface area contributed by atoms with Gasteiger partial charge in [0, 0.05) is 37.7 Å². The molecule has 0 unspecified atom stereocenters. The molecule has 0 radical (unpaired) electrons. The lowest BCUT2D eigenvalue weighted by molar-refractivity contribution is -0.118. The fraction of sp³-hybridized carbons (Fsp3) is 0.238. The summed E-state index contributed by atoms with van der Waals surface area (Å²) in [6, 6.07) is 8.37. The van der Waals surface area contributed by atoms with E-state index in [0.717, 1.165) is 12.1 Å². The van der Waals surface area contributed by atoms with Crippen LogP contribution in [0.2, 0.25) is 0 Å². The van der Waals surface area contributed by atoms with E-state index in [1.54, 1.807) is 25.2 Å². The zero-order valence-corrected chi connectivity index (χ0v) is 16.2. The van der Waals surface area contributed by atoms with E-state index >= 15 is 0 Å². The minimum atomic E-state index is -0.739. The van der Waals surface area contributed by atoms with Gasteiger partial charge in [-0.1, -0.05) is 0 Å². The number of ether oxygens (including phenoxy) is 2. The molecule has 8 heteroatoms. The molecule has 1 amide bonds. The zero-order chi connectivity index (χ0) is 21.0. The summed E-state index contributed by atoms with van der Waals surface area (Å²) in [6.45, 7) is 0. The fourth-order valence-corrected chi connectivity index (χ4v) is 2.80. The van der Waals surface area contributed by atoms with Crippen LogP contribution in [-0.4, -0.2) is 32.2 Å². The molecule has 0 aliphatic carbocycles. The number of aryl methyl sites for hydroxylation is 1. The number of rotatable bonds is 7. The van der Waals surface area contributed by atoms with Crippen LogP contribution in [-0.2, 0) is 11.2 Å². The third-order valence-corrected chi connectivity index (χ3v) is 4.43. The molecule has 0 aliphatic heterocycles. The lowest BCUT2D eigenvalue weighted by Crippen LogP contribution is -2.26. The molecule has 6 nitrogen and oxygen atoms in total. The number of anilines is 1. The van der Waals surface area contributed by atoms with Crippen molar-refractivity contribution in [3.8, 4) is 22.8 Å². The third-order valence-electron chi connectivity index (χ3n) is 4.43. The number of nitrogens with zero attached hydrogens (tertiary/aromatic N) is 2. The Labute approximate surface area is 166 Å². The summed E-state index contributed by atoms with van der Waals surface area (Å²) >= 11 is 0. The van der Waals surface area contributed by atoms with E-state index in [1.165, 1.54) is 31.4 Å². The molecule has 3 aromatic rings. The first-order chi connectivity index (χ1) is 13.9. The average Bonchev–Trinajstić information content (AvgIpc) is 3.19. The van der Waals surface area contributed by atoms with Crippen LogP contribution in [0.25, 0.3) is 11.3 Å². The van der Waals surface area contributed by atoms with Gasteiger partial charge in [-0.05, 0) is 24.3 Å². The second-order valence-electron chi connectivity index (χ2n) is 6.23. The Morgan fingerprint density at radius 1 is 1.10 bits per heavy atom.